The first-order valence-electron chi connectivity index (χ1n) is 6.27. The Kier molecular flexibility index (Phi) is 5.66. The van der Waals surface area contributed by atoms with Gasteiger partial charge in [-0.25, -0.2) is 13.2 Å². The van der Waals surface area contributed by atoms with Crippen LogP contribution in [0.5, 0.6) is 0 Å². The smallest absolute Gasteiger partial charge is 0.326 e. The lowest BCUT2D eigenvalue weighted by molar-refractivity contribution is -0.147. The van der Waals surface area contributed by atoms with Crippen molar-refractivity contribution in [3.05, 3.63) is 41.8 Å². The summed E-state index contributed by atoms with van der Waals surface area (Å²) in [6, 6.07) is 6.68. The Morgan fingerprint density at radius 3 is 2.33 bits per heavy atom. The molecule has 0 saturated carbocycles. The fraction of sp³-hybridized carbons (Fsp3) is 0.286. The minimum atomic E-state index is -3.72. The molecule has 21 heavy (non-hydrogen) atoms. The molecule has 6 nitrogen and oxygen atoms in total. The number of carboxylic acids is 1. The van der Waals surface area contributed by atoms with Crippen molar-refractivity contribution in [1.29, 1.82) is 0 Å². The molecule has 0 aliphatic rings. The summed E-state index contributed by atoms with van der Waals surface area (Å²) in [5.41, 5.74) is 0. The molecule has 0 bridgehead atoms. The third-order valence-corrected chi connectivity index (χ3v) is 4.37. The van der Waals surface area contributed by atoms with Gasteiger partial charge in [-0.3, -0.25) is 4.79 Å². The van der Waals surface area contributed by atoms with Gasteiger partial charge in [0.2, 0.25) is 5.91 Å². The van der Waals surface area contributed by atoms with Crippen LogP contribution >= 0.6 is 0 Å². The highest BCUT2D eigenvalue weighted by Crippen LogP contribution is 2.11. The summed E-state index contributed by atoms with van der Waals surface area (Å²) in [5, 5.41) is 9.75. The van der Waals surface area contributed by atoms with E-state index in [2.05, 4.69) is 0 Å². The third-order valence-electron chi connectivity index (χ3n) is 2.95. The van der Waals surface area contributed by atoms with Crippen LogP contribution in [0.2, 0.25) is 0 Å². The lowest BCUT2D eigenvalue weighted by Gasteiger charge is -2.22. The van der Waals surface area contributed by atoms with Crippen LogP contribution in [0.15, 0.2) is 46.7 Å². The van der Waals surface area contributed by atoms with Gasteiger partial charge in [0.15, 0.2) is 9.84 Å². The zero-order valence-electron chi connectivity index (χ0n) is 11.8. The maximum absolute atomic E-state index is 12.0. The molecule has 1 unspecified atom stereocenters. The number of nitrogens with zero attached hydrogens (tertiary/aromatic N) is 1. The van der Waals surface area contributed by atoms with Crippen molar-refractivity contribution in [2.75, 3.05) is 7.05 Å². The highest BCUT2D eigenvalue weighted by molar-refractivity contribution is 7.94. The van der Waals surface area contributed by atoms with Crippen LogP contribution in [0, 0.1) is 0 Å². The topological polar surface area (TPSA) is 91.8 Å². The van der Waals surface area contributed by atoms with Crippen LogP contribution < -0.4 is 0 Å². The van der Waals surface area contributed by atoms with Crippen molar-refractivity contribution in [3.8, 4) is 0 Å². The molecule has 1 aromatic rings. The normalized spacial score (nSPS) is 13.0. The molecule has 1 aromatic carbocycles. The van der Waals surface area contributed by atoms with Gasteiger partial charge in [0, 0.05) is 18.5 Å². The first-order chi connectivity index (χ1) is 9.79. The van der Waals surface area contributed by atoms with E-state index in [1.54, 1.807) is 25.1 Å². The van der Waals surface area contributed by atoms with E-state index in [-0.39, 0.29) is 11.3 Å². The van der Waals surface area contributed by atoms with Gasteiger partial charge in [-0.15, -0.1) is 0 Å². The maximum Gasteiger partial charge on any atom is 0.326 e. The number of carboxylic acid groups (broad SMARTS) is 1. The van der Waals surface area contributed by atoms with Crippen LogP contribution in [0.4, 0.5) is 0 Å². The number of carbonyl (C=O) groups is 2. The Morgan fingerprint density at radius 2 is 1.86 bits per heavy atom. The SMILES string of the molecule is CCC(C(=O)O)N(C)C(=O)C=CS(=O)(=O)c1ccccc1. The van der Waals surface area contributed by atoms with Crippen molar-refractivity contribution in [2.24, 2.45) is 0 Å². The quantitative estimate of drug-likeness (QED) is 0.799. The van der Waals surface area contributed by atoms with Gasteiger partial charge in [-0.2, -0.15) is 0 Å². The van der Waals surface area contributed by atoms with Crippen molar-refractivity contribution in [2.45, 2.75) is 24.3 Å². The van der Waals surface area contributed by atoms with Gasteiger partial charge in [-0.1, -0.05) is 25.1 Å². The Hall–Kier alpha value is -2.15. The number of benzene rings is 1. The molecule has 1 N–H and O–H groups in total. The second-order valence-corrected chi connectivity index (χ2v) is 6.21. The lowest BCUT2D eigenvalue weighted by Crippen LogP contribution is -2.41. The number of hydrogen-bond acceptors (Lipinski definition) is 4. The van der Waals surface area contributed by atoms with Crippen molar-refractivity contribution < 1.29 is 23.1 Å². The Bertz CT molecular complexity index is 637. The largest absolute Gasteiger partial charge is 0.480 e. The Balaban J connectivity index is 2.90. The summed E-state index contributed by atoms with van der Waals surface area (Å²) in [6.07, 6.45) is 1.10. The van der Waals surface area contributed by atoms with E-state index in [0.717, 1.165) is 16.4 Å². The summed E-state index contributed by atoms with van der Waals surface area (Å²) in [7, 11) is -2.39. The molecule has 0 spiro atoms. The number of amides is 1. The number of aliphatic carboxylic acids is 1. The van der Waals surface area contributed by atoms with Crippen LogP contribution in [-0.2, 0) is 19.4 Å². The lowest BCUT2D eigenvalue weighted by atomic mass is 10.2. The molecular weight excluding hydrogens is 294 g/mol. The molecule has 0 aliphatic carbocycles. The summed E-state index contributed by atoms with van der Waals surface area (Å²) in [6.45, 7) is 1.63. The minimum absolute atomic E-state index is 0.0713. The minimum Gasteiger partial charge on any atom is -0.480 e. The number of rotatable bonds is 6. The van der Waals surface area contributed by atoms with Crippen LogP contribution in [0.25, 0.3) is 0 Å². The van der Waals surface area contributed by atoms with Gasteiger partial charge >= 0.3 is 5.97 Å². The maximum atomic E-state index is 12.0. The predicted octanol–water partition coefficient (Wildman–Crippen LogP) is 1.30. The first kappa shape index (κ1) is 16.9. The number of likely N-dealkylation sites (N-methyl/N-ethyl adjacent to an activating group) is 1. The fourth-order valence-corrected chi connectivity index (χ4v) is 2.71. The van der Waals surface area contributed by atoms with Gasteiger partial charge in [0.25, 0.3) is 0 Å². The van der Waals surface area contributed by atoms with E-state index in [0.29, 0.717) is 0 Å². The molecule has 114 valence electrons. The number of carbonyl (C=O) groups excluding carboxylic acids is 1. The van der Waals surface area contributed by atoms with E-state index in [4.69, 9.17) is 5.11 Å². The molecule has 0 heterocycles. The summed E-state index contributed by atoms with van der Waals surface area (Å²) < 4.78 is 23.9. The van der Waals surface area contributed by atoms with E-state index in [1.165, 1.54) is 19.2 Å². The predicted molar refractivity (Wildman–Crippen MR) is 77.3 cm³/mol. The van der Waals surface area contributed by atoms with Crippen molar-refractivity contribution in [3.63, 3.8) is 0 Å². The molecule has 1 atom stereocenters. The molecule has 0 aromatic heterocycles. The van der Waals surface area contributed by atoms with Gasteiger partial charge in [-0.05, 0) is 18.6 Å². The zero-order valence-corrected chi connectivity index (χ0v) is 12.6. The molecule has 0 fully saturated rings. The van der Waals surface area contributed by atoms with Crippen LogP contribution in [0.3, 0.4) is 0 Å². The zero-order chi connectivity index (χ0) is 16.0. The standard InChI is InChI=1S/C14H17NO5S/c1-3-12(14(17)18)15(2)13(16)9-10-21(19,20)11-7-5-4-6-8-11/h4-10,12H,3H2,1-2H3,(H,17,18). The average molecular weight is 311 g/mol. The first-order valence-corrected chi connectivity index (χ1v) is 7.82. The van der Waals surface area contributed by atoms with Crippen molar-refractivity contribution in [1.82, 2.24) is 4.90 Å². The molecule has 7 heteroatoms. The second kappa shape index (κ2) is 7.03. The Labute approximate surface area is 123 Å². The van der Waals surface area contributed by atoms with E-state index in [9.17, 15) is 18.0 Å². The van der Waals surface area contributed by atoms with E-state index in [1.807, 2.05) is 0 Å². The fourth-order valence-electron chi connectivity index (χ4n) is 1.72. The molecule has 1 amide bonds. The van der Waals surface area contributed by atoms with Gasteiger partial charge in [0.1, 0.15) is 6.04 Å². The summed E-state index contributed by atoms with van der Waals surface area (Å²) in [4.78, 5) is 23.9. The molecule has 0 aliphatic heterocycles. The van der Waals surface area contributed by atoms with Gasteiger partial charge < -0.3 is 10.0 Å². The molecular formula is C14H17NO5S. The third kappa shape index (κ3) is 4.42. The number of hydrogen-bond donors (Lipinski definition) is 1. The Morgan fingerprint density at radius 1 is 1.29 bits per heavy atom. The monoisotopic (exact) mass is 311 g/mol. The van der Waals surface area contributed by atoms with E-state index < -0.39 is 27.8 Å². The van der Waals surface area contributed by atoms with Gasteiger partial charge in [0.05, 0.1) is 4.90 Å². The van der Waals surface area contributed by atoms with E-state index >= 15 is 0 Å². The second-order valence-electron chi connectivity index (χ2n) is 4.37. The molecule has 0 radical (unpaired) electrons. The molecule has 0 saturated heterocycles. The van der Waals surface area contributed by atoms with Crippen LogP contribution in [0.1, 0.15) is 13.3 Å². The highest BCUT2D eigenvalue weighted by atomic mass is 32.2. The highest BCUT2D eigenvalue weighted by Gasteiger charge is 2.23. The average Bonchev–Trinajstić information content (AvgIpc) is 2.46. The summed E-state index contributed by atoms with van der Waals surface area (Å²) >= 11 is 0. The molecule has 1 rings (SSSR count). The summed E-state index contributed by atoms with van der Waals surface area (Å²) in [5.74, 6) is -1.81. The van der Waals surface area contributed by atoms with Crippen LogP contribution in [-0.4, -0.2) is 43.4 Å². The van der Waals surface area contributed by atoms with Crippen molar-refractivity contribution >= 4 is 21.7 Å². The number of sulfone groups is 1.